The van der Waals surface area contributed by atoms with E-state index in [1.807, 2.05) is 17.6 Å². The molecule has 0 N–H and O–H groups in total. The van der Waals surface area contributed by atoms with E-state index in [0.717, 1.165) is 10.5 Å². The standard InChI is InChI=1S/C31H27F4N3O4/c1-4-28-36-23-12-8-18(32)14-26(23)38(28)24-7-5-6-20-21(24)11-13-25(20)37(30(40)31(33,34)35)19-9-10-22-27(15-19)41-16(2)29(22)42-17(3)39/h5-10,12,14-16,25,29H,4,11,13H2,1-3H3/t16?,25?,29-/m1/s1. The fourth-order valence-electron chi connectivity index (χ4n) is 6.13. The van der Waals surface area contributed by atoms with E-state index in [-0.39, 0.29) is 17.9 Å². The Morgan fingerprint density at radius 3 is 2.62 bits per heavy atom. The highest BCUT2D eigenvalue weighted by Crippen LogP contribution is 2.46. The molecule has 0 spiro atoms. The molecule has 42 heavy (non-hydrogen) atoms. The number of hydrogen-bond donors (Lipinski definition) is 0. The molecule has 1 amide bonds. The third-order valence-electron chi connectivity index (χ3n) is 7.84. The Labute approximate surface area is 238 Å². The Morgan fingerprint density at radius 1 is 1.12 bits per heavy atom. The van der Waals surface area contributed by atoms with E-state index >= 15 is 0 Å². The van der Waals surface area contributed by atoms with Gasteiger partial charge in [-0.05, 0) is 61.2 Å². The number of esters is 1. The van der Waals surface area contributed by atoms with Gasteiger partial charge in [-0.25, -0.2) is 9.37 Å². The van der Waals surface area contributed by atoms with Crippen LogP contribution in [0.2, 0.25) is 0 Å². The second-order valence-corrected chi connectivity index (χ2v) is 10.5. The summed E-state index contributed by atoms with van der Waals surface area (Å²) in [5, 5.41) is 0. The Bertz CT molecular complexity index is 1730. The molecule has 4 aromatic rings. The molecule has 218 valence electrons. The molecule has 11 heteroatoms. The summed E-state index contributed by atoms with van der Waals surface area (Å²) in [5.41, 5.74) is 3.71. The zero-order valence-corrected chi connectivity index (χ0v) is 23.0. The zero-order valence-electron chi connectivity index (χ0n) is 23.0. The average Bonchev–Trinajstić information content (AvgIpc) is 3.61. The number of ether oxygens (including phenoxy) is 2. The Balaban J connectivity index is 1.46. The molecule has 2 unspecified atom stereocenters. The van der Waals surface area contributed by atoms with Gasteiger partial charge in [0.2, 0.25) is 0 Å². The van der Waals surface area contributed by atoms with Gasteiger partial charge in [0.1, 0.15) is 23.5 Å². The molecular formula is C31H27F4N3O4. The van der Waals surface area contributed by atoms with E-state index in [0.29, 0.717) is 46.5 Å². The minimum absolute atomic E-state index is 0.0133. The molecule has 0 saturated carbocycles. The van der Waals surface area contributed by atoms with Crippen LogP contribution in [-0.4, -0.2) is 33.7 Å². The number of amides is 1. The number of nitrogens with zero attached hydrogens (tertiary/aromatic N) is 3. The number of aromatic nitrogens is 2. The lowest BCUT2D eigenvalue weighted by Crippen LogP contribution is -2.43. The van der Waals surface area contributed by atoms with Gasteiger partial charge < -0.3 is 9.47 Å². The van der Waals surface area contributed by atoms with Crippen LogP contribution in [0.1, 0.15) is 61.9 Å². The van der Waals surface area contributed by atoms with Crippen molar-refractivity contribution in [1.82, 2.24) is 9.55 Å². The molecule has 7 nitrogen and oxygen atoms in total. The van der Waals surface area contributed by atoms with Crippen LogP contribution in [0.15, 0.2) is 54.6 Å². The first-order valence-electron chi connectivity index (χ1n) is 13.6. The summed E-state index contributed by atoms with van der Waals surface area (Å²) in [6, 6.07) is 13.0. The summed E-state index contributed by atoms with van der Waals surface area (Å²) < 4.78 is 69.4. The maximum absolute atomic E-state index is 14.3. The van der Waals surface area contributed by atoms with Gasteiger partial charge >= 0.3 is 18.1 Å². The predicted octanol–water partition coefficient (Wildman–Crippen LogP) is 6.69. The molecule has 2 heterocycles. The van der Waals surface area contributed by atoms with E-state index in [4.69, 9.17) is 9.47 Å². The lowest BCUT2D eigenvalue weighted by atomic mass is 10.0. The number of aryl methyl sites for hydroxylation is 1. The van der Waals surface area contributed by atoms with E-state index in [2.05, 4.69) is 4.98 Å². The number of carbonyl (C=O) groups is 2. The summed E-state index contributed by atoms with van der Waals surface area (Å²) in [6.07, 6.45) is -5.23. The van der Waals surface area contributed by atoms with Crippen LogP contribution in [0, 0.1) is 5.82 Å². The summed E-state index contributed by atoms with van der Waals surface area (Å²) in [5.74, 6) is -2.01. The number of halogens is 4. The summed E-state index contributed by atoms with van der Waals surface area (Å²) in [6.45, 7) is 4.88. The molecule has 6 rings (SSSR count). The normalized spacial score (nSPS) is 19.4. The molecule has 0 saturated heterocycles. The largest absolute Gasteiger partial charge is 0.486 e. The van der Waals surface area contributed by atoms with Crippen molar-refractivity contribution in [2.24, 2.45) is 0 Å². The first kappa shape index (κ1) is 27.7. The number of imidazole rings is 1. The predicted molar refractivity (Wildman–Crippen MR) is 146 cm³/mol. The Morgan fingerprint density at radius 2 is 1.90 bits per heavy atom. The topological polar surface area (TPSA) is 73.7 Å². The average molecular weight is 582 g/mol. The van der Waals surface area contributed by atoms with E-state index in [1.54, 1.807) is 25.1 Å². The molecule has 0 fully saturated rings. The van der Waals surface area contributed by atoms with Crippen molar-refractivity contribution < 1.29 is 36.6 Å². The number of hydrogen-bond acceptors (Lipinski definition) is 5. The third-order valence-corrected chi connectivity index (χ3v) is 7.84. The van der Waals surface area contributed by atoms with Gasteiger partial charge in [0.25, 0.3) is 0 Å². The third kappa shape index (κ3) is 4.56. The molecule has 1 aliphatic heterocycles. The fraction of sp³-hybridized carbons (Fsp3) is 0.323. The molecule has 3 atom stereocenters. The van der Waals surface area contributed by atoms with Crippen LogP contribution in [0.25, 0.3) is 16.7 Å². The highest BCUT2D eigenvalue weighted by Gasteiger charge is 2.47. The van der Waals surface area contributed by atoms with Crippen LogP contribution < -0.4 is 9.64 Å². The zero-order chi connectivity index (χ0) is 29.9. The van der Waals surface area contributed by atoms with Crippen molar-refractivity contribution in [2.75, 3.05) is 4.90 Å². The van der Waals surface area contributed by atoms with Gasteiger partial charge in [0.15, 0.2) is 6.10 Å². The lowest BCUT2D eigenvalue weighted by molar-refractivity contribution is -0.171. The van der Waals surface area contributed by atoms with Crippen LogP contribution in [0.5, 0.6) is 5.75 Å². The maximum Gasteiger partial charge on any atom is 0.471 e. The van der Waals surface area contributed by atoms with Crippen molar-refractivity contribution in [3.8, 4) is 11.4 Å². The smallest absolute Gasteiger partial charge is 0.471 e. The molecule has 3 aromatic carbocycles. The van der Waals surface area contributed by atoms with Crippen LogP contribution >= 0.6 is 0 Å². The number of benzene rings is 3. The summed E-state index contributed by atoms with van der Waals surface area (Å²) >= 11 is 0. The van der Waals surface area contributed by atoms with Gasteiger partial charge in [-0.1, -0.05) is 19.1 Å². The number of fused-ring (bicyclic) bond motifs is 3. The van der Waals surface area contributed by atoms with Gasteiger partial charge in [0, 0.05) is 36.7 Å². The quantitative estimate of drug-likeness (QED) is 0.194. The molecule has 1 aliphatic carbocycles. The molecule has 1 aromatic heterocycles. The van der Waals surface area contributed by atoms with Gasteiger partial charge in [0.05, 0.1) is 22.8 Å². The second-order valence-electron chi connectivity index (χ2n) is 10.5. The summed E-state index contributed by atoms with van der Waals surface area (Å²) in [4.78, 5) is 30.0. The van der Waals surface area contributed by atoms with Crippen LogP contribution in [0.4, 0.5) is 23.2 Å². The Hall–Kier alpha value is -4.41. The SMILES string of the molecule is CCc1nc2ccc(F)cc2n1-c1cccc2c1CCC2N(C(=O)C(F)(F)F)c1ccc2c(c1)OC(C)[C@H]2OC(C)=O. The Kier molecular flexibility index (Phi) is 6.70. The monoisotopic (exact) mass is 581 g/mol. The van der Waals surface area contributed by atoms with Crippen molar-refractivity contribution in [2.45, 2.75) is 64.5 Å². The van der Waals surface area contributed by atoms with Crippen LogP contribution in [-0.2, 0) is 27.2 Å². The lowest BCUT2D eigenvalue weighted by Gasteiger charge is -2.31. The van der Waals surface area contributed by atoms with E-state index in [9.17, 15) is 27.2 Å². The van der Waals surface area contributed by atoms with E-state index < -0.39 is 42.1 Å². The van der Waals surface area contributed by atoms with Gasteiger partial charge in [-0.15, -0.1) is 0 Å². The first-order valence-corrected chi connectivity index (χ1v) is 13.6. The molecule has 0 bridgehead atoms. The molecular weight excluding hydrogens is 554 g/mol. The number of rotatable bonds is 5. The fourth-order valence-corrected chi connectivity index (χ4v) is 6.13. The maximum atomic E-state index is 14.3. The van der Waals surface area contributed by atoms with Crippen LogP contribution in [0.3, 0.4) is 0 Å². The minimum atomic E-state index is -5.14. The van der Waals surface area contributed by atoms with Crippen molar-refractivity contribution in [1.29, 1.82) is 0 Å². The highest BCUT2D eigenvalue weighted by atomic mass is 19.4. The van der Waals surface area contributed by atoms with Gasteiger partial charge in [-0.3, -0.25) is 19.1 Å². The number of carbonyl (C=O) groups excluding carboxylic acids is 2. The highest BCUT2D eigenvalue weighted by molar-refractivity contribution is 5.98. The van der Waals surface area contributed by atoms with E-state index in [1.165, 1.54) is 37.3 Å². The van der Waals surface area contributed by atoms with Crippen molar-refractivity contribution in [3.05, 3.63) is 82.9 Å². The van der Waals surface area contributed by atoms with Crippen molar-refractivity contribution in [3.63, 3.8) is 0 Å². The molecule has 2 aliphatic rings. The van der Waals surface area contributed by atoms with Crippen molar-refractivity contribution >= 4 is 28.6 Å². The second kappa shape index (κ2) is 10.1. The molecule has 0 radical (unpaired) electrons. The number of anilines is 1. The first-order chi connectivity index (χ1) is 20.0. The number of alkyl halides is 3. The minimum Gasteiger partial charge on any atom is -0.486 e. The summed E-state index contributed by atoms with van der Waals surface area (Å²) in [7, 11) is 0. The van der Waals surface area contributed by atoms with Gasteiger partial charge in [-0.2, -0.15) is 13.2 Å².